The summed E-state index contributed by atoms with van der Waals surface area (Å²) in [6.07, 6.45) is 5.15. The number of nitrogen functional groups attached to an aromatic ring is 2. The third-order valence-electron chi connectivity index (χ3n) is 4.44. The van der Waals surface area contributed by atoms with Gasteiger partial charge in [0.05, 0.1) is 18.0 Å². The van der Waals surface area contributed by atoms with Crippen LogP contribution in [0.1, 0.15) is 25.7 Å². The molecule has 0 unspecified atom stereocenters. The lowest BCUT2D eigenvalue weighted by Gasteiger charge is -2.26. The zero-order valence-electron chi connectivity index (χ0n) is 14.6. The van der Waals surface area contributed by atoms with Crippen molar-refractivity contribution in [2.45, 2.75) is 35.5 Å². The van der Waals surface area contributed by atoms with Crippen molar-refractivity contribution in [1.82, 2.24) is 4.90 Å². The van der Waals surface area contributed by atoms with Crippen LogP contribution >= 0.6 is 11.8 Å². The number of ether oxygens (including phenoxy) is 1. The fraction of sp³-hybridized carbons (Fsp3) is 0.400. The maximum Gasteiger partial charge on any atom is 0.120 e. The van der Waals surface area contributed by atoms with Gasteiger partial charge in [0.2, 0.25) is 0 Å². The second-order valence-corrected chi connectivity index (χ2v) is 7.62. The molecule has 134 valence electrons. The summed E-state index contributed by atoms with van der Waals surface area (Å²) in [7, 11) is 0. The third-order valence-corrected chi connectivity index (χ3v) is 5.41. The summed E-state index contributed by atoms with van der Waals surface area (Å²) >= 11 is 1.66. The van der Waals surface area contributed by atoms with Crippen molar-refractivity contribution in [3.05, 3.63) is 42.5 Å². The van der Waals surface area contributed by atoms with Crippen LogP contribution in [-0.4, -0.2) is 31.1 Å². The average Bonchev–Trinajstić information content (AvgIpc) is 2.63. The van der Waals surface area contributed by atoms with Crippen LogP contribution in [-0.2, 0) is 0 Å². The van der Waals surface area contributed by atoms with Crippen LogP contribution < -0.4 is 16.2 Å². The van der Waals surface area contributed by atoms with Crippen LogP contribution in [0.5, 0.6) is 5.75 Å². The third kappa shape index (κ3) is 5.58. The van der Waals surface area contributed by atoms with Gasteiger partial charge in [-0.15, -0.1) is 0 Å². The Balaban J connectivity index is 1.48. The highest BCUT2D eigenvalue weighted by atomic mass is 32.2. The Morgan fingerprint density at radius 2 is 1.72 bits per heavy atom. The fourth-order valence-electron chi connectivity index (χ4n) is 3.04. The van der Waals surface area contributed by atoms with E-state index in [4.69, 9.17) is 16.2 Å². The molecule has 0 spiro atoms. The Morgan fingerprint density at radius 1 is 0.920 bits per heavy atom. The predicted octanol–water partition coefficient (Wildman–Crippen LogP) is 4.26. The van der Waals surface area contributed by atoms with Crippen molar-refractivity contribution in [1.29, 1.82) is 0 Å². The van der Waals surface area contributed by atoms with Gasteiger partial charge in [-0.1, -0.05) is 24.2 Å². The Labute approximate surface area is 154 Å². The molecule has 0 radical (unpaired) electrons. The van der Waals surface area contributed by atoms with Crippen molar-refractivity contribution in [2.75, 3.05) is 37.7 Å². The summed E-state index contributed by atoms with van der Waals surface area (Å²) in [5.74, 6) is 0.923. The van der Waals surface area contributed by atoms with Gasteiger partial charge in [0.1, 0.15) is 5.75 Å². The zero-order chi connectivity index (χ0) is 17.5. The van der Waals surface area contributed by atoms with Gasteiger partial charge >= 0.3 is 0 Å². The van der Waals surface area contributed by atoms with E-state index in [2.05, 4.69) is 17.0 Å². The Hall–Kier alpha value is -1.85. The monoisotopic (exact) mass is 357 g/mol. The number of hydrogen-bond acceptors (Lipinski definition) is 5. The van der Waals surface area contributed by atoms with Crippen LogP contribution in [0.4, 0.5) is 11.4 Å². The van der Waals surface area contributed by atoms with Gasteiger partial charge in [0.15, 0.2) is 0 Å². The van der Waals surface area contributed by atoms with Crippen LogP contribution in [0.15, 0.2) is 52.3 Å². The van der Waals surface area contributed by atoms with Gasteiger partial charge < -0.3 is 21.1 Å². The number of anilines is 2. The molecular weight excluding hydrogens is 330 g/mol. The minimum absolute atomic E-state index is 0.620. The Morgan fingerprint density at radius 3 is 2.52 bits per heavy atom. The van der Waals surface area contributed by atoms with Crippen molar-refractivity contribution in [3.63, 3.8) is 0 Å². The number of nitrogens with zero attached hydrogens (tertiary/aromatic N) is 1. The molecule has 4 nitrogen and oxygen atoms in total. The number of likely N-dealkylation sites (tertiary alicyclic amines) is 1. The smallest absolute Gasteiger partial charge is 0.120 e. The number of rotatable bonds is 7. The van der Waals surface area contributed by atoms with Crippen molar-refractivity contribution < 1.29 is 4.74 Å². The van der Waals surface area contributed by atoms with Gasteiger partial charge in [-0.3, -0.25) is 0 Å². The minimum Gasteiger partial charge on any atom is -0.494 e. The topological polar surface area (TPSA) is 64.5 Å². The van der Waals surface area contributed by atoms with Gasteiger partial charge in [-0.05, 0) is 68.8 Å². The van der Waals surface area contributed by atoms with Crippen LogP contribution in [0, 0.1) is 0 Å². The average molecular weight is 358 g/mol. The summed E-state index contributed by atoms with van der Waals surface area (Å²) in [5, 5.41) is 0. The number of benzene rings is 2. The second-order valence-electron chi connectivity index (χ2n) is 6.47. The molecule has 1 aliphatic rings. The van der Waals surface area contributed by atoms with E-state index >= 15 is 0 Å². The van der Waals surface area contributed by atoms with Crippen LogP contribution in [0.25, 0.3) is 0 Å². The molecule has 25 heavy (non-hydrogen) atoms. The first kappa shape index (κ1) is 18.0. The van der Waals surface area contributed by atoms with Crippen molar-refractivity contribution >= 4 is 23.1 Å². The maximum absolute atomic E-state index is 5.93. The van der Waals surface area contributed by atoms with Gasteiger partial charge in [0, 0.05) is 16.3 Å². The molecule has 2 aromatic rings. The van der Waals surface area contributed by atoms with E-state index < -0.39 is 0 Å². The fourth-order valence-corrected chi connectivity index (χ4v) is 3.96. The molecule has 1 heterocycles. The molecule has 0 amide bonds. The first-order valence-electron chi connectivity index (χ1n) is 8.99. The summed E-state index contributed by atoms with van der Waals surface area (Å²) < 4.78 is 5.93. The van der Waals surface area contributed by atoms with Crippen LogP contribution in [0.3, 0.4) is 0 Å². The predicted molar refractivity (Wildman–Crippen MR) is 106 cm³/mol. The molecule has 0 aliphatic carbocycles. The van der Waals surface area contributed by atoms with Crippen molar-refractivity contribution in [3.8, 4) is 5.75 Å². The molecule has 0 saturated carbocycles. The van der Waals surface area contributed by atoms with E-state index in [1.807, 2.05) is 30.3 Å². The molecular formula is C20H27N3OS. The minimum atomic E-state index is 0.620. The lowest BCUT2D eigenvalue weighted by Crippen LogP contribution is -2.31. The molecule has 1 aliphatic heterocycles. The number of nitrogens with two attached hydrogens (primary N) is 2. The molecule has 4 N–H and O–H groups in total. The van der Waals surface area contributed by atoms with E-state index in [0.29, 0.717) is 11.4 Å². The van der Waals surface area contributed by atoms with E-state index in [-0.39, 0.29) is 0 Å². The van der Waals surface area contributed by atoms with Crippen molar-refractivity contribution in [2.24, 2.45) is 0 Å². The van der Waals surface area contributed by atoms with Gasteiger partial charge in [-0.2, -0.15) is 0 Å². The first-order chi connectivity index (χ1) is 12.2. The lowest BCUT2D eigenvalue weighted by molar-refractivity contribution is 0.205. The summed E-state index contributed by atoms with van der Waals surface area (Å²) in [6, 6.07) is 14.0. The van der Waals surface area contributed by atoms with E-state index in [1.54, 1.807) is 11.8 Å². The zero-order valence-corrected chi connectivity index (χ0v) is 15.4. The SMILES string of the molecule is Nc1ccc(Sc2cccc(OCCCN3CCCCC3)c2)cc1N. The van der Waals surface area contributed by atoms with Gasteiger partial charge in [0.25, 0.3) is 0 Å². The maximum atomic E-state index is 5.93. The first-order valence-corrected chi connectivity index (χ1v) is 9.80. The molecule has 0 aromatic heterocycles. The quantitative estimate of drug-likeness (QED) is 0.573. The molecule has 1 fully saturated rings. The molecule has 5 heteroatoms. The van der Waals surface area contributed by atoms with E-state index in [1.165, 1.54) is 32.4 Å². The van der Waals surface area contributed by atoms with E-state index in [0.717, 1.165) is 35.1 Å². The Bertz CT molecular complexity index is 686. The number of hydrogen-bond donors (Lipinski definition) is 2. The summed E-state index contributed by atoms with van der Waals surface area (Å²) in [6.45, 7) is 4.40. The standard InChI is InChI=1S/C20H27N3OS/c21-19-9-8-18(15-20(19)22)25-17-7-4-6-16(14-17)24-13-5-12-23-10-2-1-3-11-23/h4,6-9,14-15H,1-3,5,10-13,21-22H2. The van der Waals surface area contributed by atoms with E-state index in [9.17, 15) is 0 Å². The summed E-state index contributed by atoms with van der Waals surface area (Å²) in [5.41, 5.74) is 12.9. The Kier molecular flexibility index (Phi) is 6.48. The molecule has 1 saturated heterocycles. The molecule has 0 bridgehead atoms. The second kappa shape index (κ2) is 9.02. The highest BCUT2D eigenvalue weighted by Crippen LogP contribution is 2.32. The highest BCUT2D eigenvalue weighted by molar-refractivity contribution is 7.99. The molecule has 3 rings (SSSR count). The largest absolute Gasteiger partial charge is 0.494 e. The van der Waals surface area contributed by atoms with Gasteiger partial charge in [-0.25, -0.2) is 0 Å². The molecule has 2 aromatic carbocycles. The normalized spacial score (nSPS) is 15.2. The number of piperidine rings is 1. The van der Waals surface area contributed by atoms with Crippen LogP contribution in [0.2, 0.25) is 0 Å². The molecule has 0 atom stereocenters. The highest BCUT2D eigenvalue weighted by Gasteiger charge is 2.09. The summed E-state index contributed by atoms with van der Waals surface area (Å²) in [4.78, 5) is 4.76. The lowest BCUT2D eigenvalue weighted by atomic mass is 10.1.